The molecular weight excluding hydrogens is 314 g/mol. The molecule has 3 aromatic rings. The van der Waals surface area contributed by atoms with Crippen LogP contribution in [0.1, 0.15) is 38.8 Å². The largest absolute Gasteiger partial charge is 0.243 e. The number of allylic oxidation sites excluding steroid dienone is 1. The van der Waals surface area contributed by atoms with E-state index in [2.05, 4.69) is 58.6 Å². The van der Waals surface area contributed by atoms with E-state index in [1.807, 2.05) is 25.1 Å². The second kappa shape index (κ2) is 6.18. The maximum Gasteiger partial charge on any atom is 0.163 e. The van der Waals surface area contributed by atoms with E-state index in [1.54, 1.807) is 0 Å². The van der Waals surface area contributed by atoms with Gasteiger partial charge in [0, 0.05) is 5.56 Å². The smallest absolute Gasteiger partial charge is 0.163 e. The van der Waals surface area contributed by atoms with Crippen molar-refractivity contribution in [2.45, 2.75) is 33.1 Å². The van der Waals surface area contributed by atoms with Crippen molar-refractivity contribution < 1.29 is 0 Å². The second-order valence-corrected chi connectivity index (χ2v) is 7.42. The van der Waals surface area contributed by atoms with Gasteiger partial charge in [0.1, 0.15) is 11.0 Å². The second-order valence-electron chi connectivity index (χ2n) is 6.89. The molecular formula is C20H19N3S. The third kappa shape index (κ3) is 3.08. The maximum absolute atomic E-state index is 7.02. The van der Waals surface area contributed by atoms with Crippen molar-refractivity contribution in [3.8, 4) is 11.1 Å². The standard InChI is InChI=1S/C20H19N3S/c1-13(21-5)12-14-6-8-15(9-7-14)16-10-11-17(20(2,3)4)19-18(16)22-24-23-19/h6-12H,1-4H3/b13-12-. The molecule has 0 saturated heterocycles. The van der Waals surface area contributed by atoms with Gasteiger partial charge in [0.15, 0.2) is 5.70 Å². The average Bonchev–Trinajstić information content (AvgIpc) is 3.03. The molecule has 0 aliphatic carbocycles. The van der Waals surface area contributed by atoms with Crippen LogP contribution in [0.4, 0.5) is 0 Å². The van der Waals surface area contributed by atoms with Crippen LogP contribution in [-0.4, -0.2) is 8.75 Å². The zero-order valence-electron chi connectivity index (χ0n) is 14.3. The summed E-state index contributed by atoms with van der Waals surface area (Å²) in [5, 5.41) is 0. The predicted octanol–water partition coefficient (Wildman–Crippen LogP) is 5.94. The van der Waals surface area contributed by atoms with Crippen LogP contribution in [0.2, 0.25) is 0 Å². The van der Waals surface area contributed by atoms with Crippen molar-refractivity contribution in [3.05, 3.63) is 64.6 Å². The molecule has 0 aliphatic heterocycles. The van der Waals surface area contributed by atoms with Gasteiger partial charge in [-0.05, 0) is 29.0 Å². The Labute approximate surface area is 146 Å². The number of hydrogen-bond acceptors (Lipinski definition) is 3. The quantitative estimate of drug-likeness (QED) is 0.544. The van der Waals surface area contributed by atoms with Crippen molar-refractivity contribution in [2.75, 3.05) is 0 Å². The van der Waals surface area contributed by atoms with Crippen LogP contribution in [0.5, 0.6) is 0 Å². The Kier molecular flexibility index (Phi) is 4.21. The van der Waals surface area contributed by atoms with Crippen LogP contribution < -0.4 is 0 Å². The van der Waals surface area contributed by atoms with E-state index in [0.717, 1.165) is 27.7 Å². The molecule has 0 atom stereocenters. The Bertz CT molecular complexity index is 951. The molecule has 1 aromatic heterocycles. The summed E-state index contributed by atoms with van der Waals surface area (Å²) in [5.41, 5.74) is 7.16. The summed E-state index contributed by atoms with van der Waals surface area (Å²) >= 11 is 1.26. The van der Waals surface area contributed by atoms with Gasteiger partial charge >= 0.3 is 0 Å². The average molecular weight is 333 g/mol. The van der Waals surface area contributed by atoms with E-state index < -0.39 is 0 Å². The first-order valence-electron chi connectivity index (χ1n) is 7.82. The highest BCUT2D eigenvalue weighted by Gasteiger charge is 2.20. The van der Waals surface area contributed by atoms with Gasteiger partial charge in [-0.3, -0.25) is 0 Å². The van der Waals surface area contributed by atoms with Gasteiger partial charge in [0.25, 0.3) is 0 Å². The molecule has 0 fully saturated rings. The van der Waals surface area contributed by atoms with Crippen LogP contribution in [0.25, 0.3) is 33.1 Å². The fraction of sp³-hybridized carbons (Fsp3) is 0.250. The summed E-state index contributed by atoms with van der Waals surface area (Å²) in [6.45, 7) is 15.4. The minimum absolute atomic E-state index is 0.0402. The van der Waals surface area contributed by atoms with Crippen molar-refractivity contribution >= 4 is 28.8 Å². The van der Waals surface area contributed by atoms with E-state index in [9.17, 15) is 0 Å². The van der Waals surface area contributed by atoms with Gasteiger partial charge in [0.05, 0.1) is 18.3 Å². The van der Waals surface area contributed by atoms with Crippen LogP contribution in [-0.2, 0) is 5.41 Å². The minimum Gasteiger partial charge on any atom is -0.243 e. The normalized spacial score (nSPS) is 12.4. The highest BCUT2D eigenvalue weighted by atomic mass is 32.1. The molecule has 120 valence electrons. The summed E-state index contributed by atoms with van der Waals surface area (Å²) in [6.07, 6.45) is 1.89. The number of fused-ring (bicyclic) bond motifs is 1. The number of rotatable bonds is 2. The first kappa shape index (κ1) is 16.4. The van der Waals surface area contributed by atoms with Gasteiger partial charge in [-0.1, -0.05) is 63.2 Å². The lowest BCUT2D eigenvalue weighted by Crippen LogP contribution is -2.11. The summed E-state index contributed by atoms with van der Waals surface area (Å²) in [5.74, 6) is 0. The summed E-state index contributed by atoms with van der Waals surface area (Å²) in [6, 6.07) is 12.5. The molecule has 0 aliphatic rings. The van der Waals surface area contributed by atoms with Gasteiger partial charge in [-0.15, -0.1) is 0 Å². The molecule has 2 aromatic carbocycles. The lowest BCUT2D eigenvalue weighted by Gasteiger charge is -2.19. The molecule has 0 N–H and O–H groups in total. The number of nitrogens with zero attached hydrogens (tertiary/aromatic N) is 3. The number of hydrogen-bond donors (Lipinski definition) is 0. The molecule has 0 radical (unpaired) electrons. The Hall–Kier alpha value is -2.51. The summed E-state index contributed by atoms with van der Waals surface area (Å²) in [7, 11) is 0. The third-order valence-electron chi connectivity index (χ3n) is 4.00. The molecule has 4 heteroatoms. The molecule has 1 heterocycles. The lowest BCUT2D eigenvalue weighted by atomic mass is 9.85. The predicted molar refractivity (Wildman–Crippen MR) is 102 cm³/mol. The SMILES string of the molecule is [C-]#[N+]/C(C)=C\c1ccc(-c2ccc(C(C)(C)C)c3nsnc23)cc1. The van der Waals surface area contributed by atoms with Crippen molar-refractivity contribution in [3.63, 3.8) is 0 Å². The molecule has 0 spiro atoms. The van der Waals surface area contributed by atoms with E-state index in [-0.39, 0.29) is 5.41 Å². The van der Waals surface area contributed by atoms with Crippen LogP contribution >= 0.6 is 11.7 Å². The third-order valence-corrected chi connectivity index (χ3v) is 4.53. The topological polar surface area (TPSA) is 30.1 Å². The Morgan fingerprint density at radius 2 is 1.71 bits per heavy atom. The van der Waals surface area contributed by atoms with E-state index in [1.165, 1.54) is 17.3 Å². The Balaban J connectivity index is 2.08. The summed E-state index contributed by atoms with van der Waals surface area (Å²) in [4.78, 5) is 3.43. The van der Waals surface area contributed by atoms with Crippen LogP contribution in [0.15, 0.2) is 42.1 Å². The molecule has 24 heavy (non-hydrogen) atoms. The molecule has 0 bridgehead atoms. The molecule has 3 rings (SSSR count). The van der Waals surface area contributed by atoms with Gasteiger partial charge in [-0.2, -0.15) is 8.75 Å². The van der Waals surface area contributed by atoms with E-state index in [4.69, 9.17) is 6.57 Å². The zero-order valence-corrected chi connectivity index (χ0v) is 15.1. The van der Waals surface area contributed by atoms with Crippen molar-refractivity contribution in [1.29, 1.82) is 0 Å². The van der Waals surface area contributed by atoms with Crippen LogP contribution in [0.3, 0.4) is 0 Å². The minimum atomic E-state index is 0.0402. The highest BCUT2D eigenvalue weighted by molar-refractivity contribution is 7.00. The number of aromatic nitrogens is 2. The lowest BCUT2D eigenvalue weighted by molar-refractivity contribution is 0.595. The van der Waals surface area contributed by atoms with Crippen LogP contribution in [0, 0.1) is 6.57 Å². The fourth-order valence-corrected chi connectivity index (χ4v) is 3.31. The first-order valence-corrected chi connectivity index (χ1v) is 8.55. The van der Waals surface area contributed by atoms with Gasteiger partial charge in [0.2, 0.25) is 0 Å². The first-order chi connectivity index (χ1) is 11.4. The van der Waals surface area contributed by atoms with Crippen molar-refractivity contribution in [1.82, 2.24) is 8.75 Å². The zero-order chi connectivity index (χ0) is 17.3. The fourth-order valence-electron chi connectivity index (χ4n) is 2.74. The van der Waals surface area contributed by atoms with Gasteiger partial charge in [-0.25, -0.2) is 4.85 Å². The van der Waals surface area contributed by atoms with E-state index >= 15 is 0 Å². The van der Waals surface area contributed by atoms with E-state index in [0.29, 0.717) is 5.70 Å². The maximum atomic E-state index is 7.02. The van der Waals surface area contributed by atoms with Crippen molar-refractivity contribution in [2.24, 2.45) is 0 Å². The van der Waals surface area contributed by atoms with Gasteiger partial charge < -0.3 is 0 Å². The Morgan fingerprint density at radius 1 is 1.04 bits per heavy atom. The Morgan fingerprint density at radius 3 is 2.33 bits per heavy atom. The molecule has 0 amide bonds. The molecule has 0 saturated carbocycles. The molecule has 3 nitrogen and oxygen atoms in total. The highest BCUT2D eigenvalue weighted by Crippen LogP contribution is 2.35. The number of benzene rings is 2. The monoisotopic (exact) mass is 333 g/mol. The molecule has 0 unspecified atom stereocenters. The summed E-state index contributed by atoms with van der Waals surface area (Å²) < 4.78 is 9.06.